The van der Waals surface area contributed by atoms with Crippen LogP contribution in [0.2, 0.25) is 10.0 Å². The first kappa shape index (κ1) is 21.7. The van der Waals surface area contributed by atoms with Crippen molar-refractivity contribution in [2.24, 2.45) is 0 Å². The van der Waals surface area contributed by atoms with Gasteiger partial charge in [0.1, 0.15) is 5.69 Å². The van der Waals surface area contributed by atoms with Crippen LogP contribution in [-0.4, -0.2) is 24.5 Å². The normalized spacial score (nSPS) is 12.4. The summed E-state index contributed by atoms with van der Waals surface area (Å²) in [5, 5.41) is 4.49. The fourth-order valence-corrected chi connectivity index (χ4v) is 4.12. The van der Waals surface area contributed by atoms with Crippen molar-refractivity contribution in [2.45, 2.75) is 24.5 Å². The minimum Gasteiger partial charge on any atom is -0.260 e. The van der Waals surface area contributed by atoms with Crippen LogP contribution < -0.4 is 0 Å². The smallest absolute Gasteiger partial charge is 0.260 e. The van der Waals surface area contributed by atoms with Gasteiger partial charge in [-0.25, -0.2) is 8.42 Å². The summed E-state index contributed by atoms with van der Waals surface area (Å²) in [5.74, 6) is 0. The number of benzene rings is 2. The fourth-order valence-electron chi connectivity index (χ4n) is 2.99. The number of halogens is 5. The molecule has 0 fully saturated rings. The molecule has 0 saturated heterocycles. The Bertz CT molecular complexity index is 1170. The van der Waals surface area contributed by atoms with Gasteiger partial charge in [0.2, 0.25) is 0 Å². The Labute approximate surface area is 175 Å². The first-order valence-corrected chi connectivity index (χ1v) is 11.0. The molecule has 3 rings (SSSR count). The monoisotopic (exact) mass is 462 g/mol. The van der Waals surface area contributed by atoms with E-state index in [9.17, 15) is 21.6 Å². The Morgan fingerprint density at radius 3 is 2.17 bits per heavy atom. The molecule has 4 nitrogen and oxygen atoms in total. The van der Waals surface area contributed by atoms with E-state index in [1.54, 1.807) is 6.92 Å². The van der Waals surface area contributed by atoms with Gasteiger partial charge in [0.25, 0.3) is 0 Å². The molecule has 1 aromatic heterocycles. The number of hydrogen-bond donors (Lipinski definition) is 0. The second kappa shape index (κ2) is 7.66. The number of aryl methyl sites for hydroxylation is 1. The Balaban J connectivity index is 2.34. The van der Waals surface area contributed by atoms with E-state index in [0.29, 0.717) is 5.56 Å². The first-order valence-electron chi connectivity index (χ1n) is 8.37. The summed E-state index contributed by atoms with van der Waals surface area (Å²) in [5.41, 5.74) is -0.621. The highest BCUT2D eigenvalue weighted by molar-refractivity contribution is 7.90. The molecule has 0 aliphatic rings. The molecule has 2 aromatic carbocycles. The van der Waals surface area contributed by atoms with Crippen LogP contribution in [0.3, 0.4) is 0 Å². The highest BCUT2D eigenvalue weighted by Gasteiger charge is 2.40. The second-order valence-corrected chi connectivity index (χ2v) is 9.17. The van der Waals surface area contributed by atoms with Crippen LogP contribution in [-0.2, 0) is 22.6 Å². The lowest BCUT2D eigenvalue weighted by Crippen LogP contribution is -2.15. The Morgan fingerprint density at radius 1 is 1.07 bits per heavy atom. The number of alkyl halides is 3. The quantitative estimate of drug-likeness (QED) is 0.480. The van der Waals surface area contributed by atoms with Gasteiger partial charge in [-0.05, 0) is 31.2 Å². The van der Waals surface area contributed by atoms with E-state index >= 15 is 0 Å². The van der Waals surface area contributed by atoms with Crippen molar-refractivity contribution in [3.05, 3.63) is 58.2 Å². The molecule has 154 valence electrons. The molecule has 0 amide bonds. The molecule has 0 aliphatic heterocycles. The lowest BCUT2D eigenvalue weighted by molar-refractivity contribution is -0.143. The van der Waals surface area contributed by atoms with Gasteiger partial charge in [0.05, 0.1) is 9.92 Å². The van der Waals surface area contributed by atoms with Crippen molar-refractivity contribution in [1.82, 2.24) is 9.78 Å². The standard InChI is InChI=1S/C19H15Cl2F3N2O2S/c1-3-26-18(19(22,23)24)16(14-9-6-12(20)10-15(14)21)17(25-26)11-4-7-13(8-5-11)29(2,27)28/h4-10H,3H2,1-2H3. The van der Waals surface area contributed by atoms with Crippen LogP contribution in [0.4, 0.5) is 13.2 Å². The molecule has 0 atom stereocenters. The van der Waals surface area contributed by atoms with Crippen molar-refractivity contribution in [2.75, 3.05) is 6.26 Å². The van der Waals surface area contributed by atoms with Gasteiger partial charge in [0.15, 0.2) is 15.5 Å². The van der Waals surface area contributed by atoms with Crippen molar-refractivity contribution >= 4 is 33.0 Å². The largest absolute Gasteiger partial charge is 0.433 e. The Kier molecular flexibility index (Phi) is 5.73. The molecule has 0 N–H and O–H groups in total. The number of rotatable bonds is 4. The molecule has 10 heteroatoms. The van der Waals surface area contributed by atoms with Crippen LogP contribution in [0.15, 0.2) is 47.4 Å². The number of sulfone groups is 1. The molecule has 1 heterocycles. The Hall–Kier alpha value is -2.03. The average molecular weight is 463 g/mol. The maximum Gasteiger partial charge on any atom is 0.433 e. The van der Waals surface area contributed by atoms with Gasteiger partial charge >= 0.3 is 6.18 Å². The predicted octanol–water partition coefficient (Wildman–Crippen LogP) is 5.97. The first-order chi connectivity index (χ1) is 13.4. The van der Waals surface area contributed by atoms with E-state index in [2.05, 4.69) is 5.10 Å². The summed E-state index contributed by atoms with van der Waals surface area (Å²) in [7, 11) is -3.45. The summed E-state index contributed by atoms with van der Waals surface area (Å²) < 4.78 is 66.0. The second-order valence-electron chi connectivity index (χ2n) is 6.31. The average Bonchev–Trinajstić information content (AvgIpc) is 3.01. The van der Waals surface area contributed by atoms with Gasteiger partial charge in [-0.2, -0.15) is 18.3 Å². The van der Waals surface area contributed by atoms with Crippen LogP contribution in [0.5, 0.6) is 0 Å². The van der Waals surface area contributed by atoms with Crippen molar-refractivity contribution < 1.29 is 21.6 Å². The zero-order valence-electron chi connectivity index (χ0n) is 15.3. The SMILES string of the molecule is CCn1nc(-c2ccc(S(C)(=O)=O)cc2)c(-c2ccc(Cl)cc2Cl)c1C(F)(F)F. The summed E-state index contributed by atoms with van der Waals surface area (Å²) in [4.78, 5) is 0.0540. The van der Waals surface area contributed by atoms with E-state index in [1.165, 1.54) is 42.5 Å². The maximum atomic E-state index is 13.9. The summed E-state index contributed by atoms with van der Waals surface area (Å²) in [6.45, 7) is 1.53. The van der Waals surface area contributed by atoms with E-state index in [-0.39, 0.29) is 38.3 Å². The molecule has 0 spiro atoms. The maximum absolute atomic E-state index is 13.9. The zero-order valence-corrected chi connectivity index (χ0v) is 17.6. The van der Waals surface area contributed by atoms with Crippen molar-refractivity contribution in [3.8, 4) is 22.4 Å². The molecular weight excluding hydrogens is 448 g/mol. The topological polar surface area (TPSA) is 52.0 Å². The molecule has 0 bridgehead atoms. The third kappa shape index (κ3) is 4.29. The number of nitrogens with zero attached hydrogens (tertiary/aromatic N) is 2. The third-order valence-electron chi connectivity index (χ3n) is 4.28. The lowest BCUT2D eigenvalue weighted by atomic mass is 9.98. The van der Waals surface area contributed by atoms with Gasteiger partial charge in [-0.1, -0.05) is 41.4 Å². The van der Waals surface area contributed by atoms with E-state index in [4.69, 9.17) is 23.2 Å². The molecule has 0 unspecified atom stereocenters. The van der Waals surface area contributed by atoms with E-state index in [1.807, 2.05) is 0 Å². The van der Waals surface area contributed by atoms with E-state index in [0.717, 1.165) is 10.9 Å². The summed E-state index contributed by atoms with van der Waals surface area (Å²) in [6.07, 6.45) is -3.64. The molecule has 0 saturated carbocycles. The highest BCUT2D eigenvalue weighted by atomic mass is 35.5. The van der Waals surface area contributed by atoms with Crippen LogP contribution in [0.25, 0.3) is 22.4 Å². The van der Waals surface area contributed by atoms with Gasteiger partial charge in [-0.15, -0.1) is 0 Å². The van der Waals surface area contributed by atoms with Crippen LogP contribution in [0, 0.1) is 0 Å². The number of hydrogen-bond acceptors (Lipinski definition) is 3. The summed E-state index contributed by atoms with van der Waals surface area (Å²) in [6, 6.07) is 9.72. The zero-order chi connectivity index (χ0) is 21.6. The number of aromatic nitrogens is 2. The third-order valence-corrected chi connectivity index (χ3v) is 5.95. The molecule has 0 aliphatic carbocycles. The Morgan fingerprint density at radius 2 is 1.69 bits per heavy atom. The summed E-state index contributed by atoms with van der Waals surface area (Å²) >= 11 is 12.1. The fraction of sp³-hybridized carbons (Fsp3) is 0.211. The van der Waals surface area contributed by atoms with Gasteiger partial charge in [0, 0.05) is 34.5 Å². The molecule has 3 aromatic rings. The highest BCUT2D eigenvalue weighted by Crippen LogP contribution is 2.45. The van der Waals surface area contributed by atoms with Crippen LogP contribution in [0.1, 0.15) is 12.6 Å². The van der Waals surface area contributed by atoms with Gasteiger partial charge in [-0.3, -0.25) is 4.68 Å². The van der Waals surface area contributed by atoms with E-state index < -0.39 is 21.7 Å². The molecule has 29 heavy (non-hydrogen) atoms. The minimum atomic E-state index is -4.69. The van der Waals surface area contributed by atoms with Crippen molar-refractivity contribution in [3.63, 3.8) is 0 Å². The lowest BCUT2D eigenvalue weighted by Gasteiger charge is -2.13. The van der Waals surface area contributed by atoms with Crippen molar-refractivity contribution in [1.29, 1.82) is 0 Å². The molecular formula is C19H15Cl2F3N2O2S. The predicted molar refractivity (Wildman–Crippen MR) is 107 cm³/mol. The minimum absolute atomic E-state index is 0.0194. The molecule has 0 radical (unpaired) electrons. The van der Waals surface area contributed by atoms with Gasteiger partial charge < -0.3 is 0 Å². The van der Waals surface area contributed by atoms with Crippen LogP contribution >= 0.6 is 23.2 Å².